The fraction of sp³-hybridized carbons (Fsp3) is 0.154. The smallest absolute Gasteiger partial charge is 0.343 e. The van der Waals surface area contributed by atoms with E-state index in [1.165, 1.54) is 14.0 Å². The molecule has 18 heavy (non-hydrogen) atoms. The van der Waals surface area contributed by atoms with E-state index < -0.39 is 11.9 Å². The van der Waals surface area contributed by atoms with Gasteiger partial charge in [-0.2, -0.15) is 0 Å². The van der Waals surface area contributed by atoms with Crippen molar-refractivity contribution >= 4 is 17.6 Å². The second kappa shape index (κ2) is 4.44. The van der Waals surface area contributed by atoms with Crippen LogP contribution in [0.1, 0.15) is 22.8 Å². The van der Waals surface area contributed by atoms with E-state index in [0.717, 1.165) is 0 Å². The highest BCUT2D eigenvalue weighted by atomic mass is 16.5. The van der Waals surface area contributed by atoms with Crippen molar-refractivity contribution < 1.29 is 19.4 Å². The Hall–Kier alpha value is -2.43. The minimum absolute atomic E-state index is 0.0872. The first kappa shape index (κ1) is 12.0. The summed E-state index contributed by atoms with van der Waals surface area (Å²) in [6.07, 6.45) is 0. The maximum atomic E-state index is 11.7. The van der Waals surface area contributed by atoms with Gasteiger partial charge < -0.3 is 9.84 Å². The average Bonchev–Trinajstić information content (AvgIpc) is 2.67. The molecule has 0 saturated carbocycles. The van der Waals surface area contributed by atoms with Crippen molar-refractivity contribution in [2.75, 3.05) is 7.11 Å². The quantitative estimate of drug-likeness (QED) is 0.488. The molecule has 5 heteroatoms. The van der Waals surface area contributed by atoms with Gasteiger partial charge in [0.15, 0.2) is 0 Å². The Morgan fingerprint density at radius 3 is 2.44 bits per heavy atom. The van der Waals surface area contributed by atoms with Gasteiger partial charge in [0.1, 0.15) is 11.3 Å². The largest absolute Gasteiger partial charge is 0.512 e. The van der Waals surface area contributed by atoms with Gasteiger partial charge in [-0.05, 0) is 13.0 Å². The lowest BCUT2D eigenvalue weighted by Crippen LogP contribution is -2.16. The minimum atomic E-state index is -0.724. The molecule has 1 heterocycles. The molecule has 1 aliphatic heterocycles. The van der Waals surface area contributed by atoms with Crippen LogP contribution in [-0.2, 0) is 9.53 Å². The van der Waals surface area contributed by atoms with Crippen LogP contribution in [0.4, 0.5) is 0 Å². The van der Waals surface area contributed by atoms with Gasteiger partial charge in [0.2, 0.25) is 0 Å². The normalized spacial score (nSPS) is 14.8. The van der Waals surface area contributed by atoms with E-state index in [2.05, 4.69) is 9.73 Å². The summed E-state index contributed by atoms with van der Waals surface area (Å²) in [5.41, 5.74) is 1.00. The fourth-order valence-corrected chi connectivity index (χ4v) is 1.81. The van der Waals surface area contributed by atoms with Gasteiger partial charge in [-0.15, -0.1) is 0 Å². The predicted molar refractivity (Wildman–Crippen MR) is 64.7 cm³/mol. The van der Waals surface area contributed by atoms with Crippen LogP contribution in [0.25, 0.3) is 0 Å². The van der Waals surface area contributed by atoms with Crippen LogP contribution in [0.3, 0.4) is 0 Å². The second-order valence-electron chi connectivity index (χ2n) is 3.76. The van der Waals surface area contributed by atoms with Crippen molar-refractivity contribution in [2.45, 2.75) is 6.92 Å². The molecule has 0 radical (unpaired) electrons. The first-order valence-corrected chi connectivity index (χ1v) is 5.27. The van der Waals surface area contributed by atoms with E-state index in [1.807, 2.05) is 0 Å². The van der Waals surface area contributed by atoms with Crippen LogP contribution in [0.2, 0.25) is 0 Å². The zero-order valence-corrected chi connectivity index (χ0v) is 9.93. The van der Waals surface area contributed by atoms with E-state index in [-0.39, 0.29) is 17.0 Å². The van der Waals surface area contributed by atoms with Crippen molar-refractivity contribution in [3.8, 4) is 0 Å². The maximum Gasteiger partial charge on any atom is 0.343 e. The highest BCUT2D eigenvalue weighted by molar-refractivity contribution is 6.35. The standard InChI is InChI=1S/C13H11NO4/c1-7(15)10(13(17)18-2)11-8-5-3-4-6-9(8)12(16)14-11/h3-6,15H,1-2H3/b10-7+. The number of aliphatic imine (C=N–C) groups is 1. The number of benzene rings is 1. The molecule has 92 valence electrons. The fourth-order valence-electron chi connectivity index (χ4n) is 1.81. The summed E-state index contributed by atoms with van der Waals surface area (Å²) in [7, 11) is 1.20. The van der Waals surface area contributed by atoms with E-state index in [1.54, 1.807) is 24.3 Å². The second-order valence-corrected chi connectivity index (χ2v) is 3.76. The zero-order chi connectivity index (χ0) is 13.3. The van der Waals surface area contributed by atoms with E-state index in [0.29, 0.717) is 11.1 Å². The lowest BCUT2D eigenvalue weighted by molar-refractivity contribution is -0.135. The molecule has 0 aliphatic carbocycles. The number of aliphatic hydroxyl groups excluding tert-OH is 1. The topological polar surface area (TPSA) is 76.0 Å². The maximum absolute atomic E-state index is 11.7. The monoisotopic (exact) mass is 245 g/mol. The van der Waals surface area contributed by atoms with Crippen molar-refractivity contribution in [3.63, 3.8) is 0 Å². The molecular weight excluding hydrogens is 234 g/mol. The number of hydrogen-bond donors (Lipinski definition) is 1. The highest BCUT2D eigenvalue weighted by Crippen LogP contribution is 2.24. The summed E-state index contributed by atoms with van der Waals surface area (Å²) in [6.45, 7) is 1.35. The molecule has 1 aromatic carbocycles. The Morgan fingerprint density at radius 1 is 1.28 bits per heavy atom. The molecule has 0 unspecified atom stereocenters. The molecule has 0 aromatic heterocycles. The van der Waals surface area contributed by atoms with Crippen molar-refractivity contribution in [1.29, 1.82) is 0 Å². The van der Waals surface area contributed by atoms with Gasteiger partial charge >= 0.3 is 5.97 Å². The molecule has 1 amide bonds. The number of carbonyl (C=O) groups excluding carboxylic acids is 2. The van der Waals surface area contributed by atoms with Gasteiger partial charge in [0.05, 0.1) is 18.4 Å². The van der Waals surface area contributed by atoms with Crippen molar-refractivity contribution in [3.05, 3.63) is 46.7 Å². The summed E-state index contributed by atoms with van der Waals surface area (Å²) in [6, 6.07) is 6.73. The van der Waals surface area contributed by atoms with Crippen molar-refractivity contribution in [2.24, 2.45) is 4.99 Å². The van der Waals surface area contributed by atoms with E-state index in [4.69, 9.17) is 0 Å². The van der Waals surface area contributed by atoms with E-state index >= 15 is 0 Å². The number of carbonyl (C=O) groups is 2. The first-order chi connectivity index (χ1) is 8.56. The van der Waals surface area contributed by atoms with Gasteiger partial charge in [-0.1, -0.05) is 18.2 Å². The summed E-state index contributed by atoms with van der Waals surface area (Å²) >= 11 is 0. The third kappa shape index (κ3) is 1.79. The molecule has 5 nitrogen and oxygen atoms in total. The Bertz CT molecular complexity index is 595. The number of hydrogen-bond acceptors (Lipinski definition) is 4. The van der Waals surface area contributed by atoms with Gasteiger partial charge in [-0.25, -0.2) is 9.79 Å². The van der Waals surface area contributed by atoms with Crippen LogP contribution in [0.5, 0.6) is 0 Å². The molecule has 1 N–H and O–H groups in total. The van der Waals surface area contributed by atoms with Gasteiger partial charge in [0, 0.05) is 5.56 Å². The molecule has 0 saturated heterocycles. The highest BCUT2D eigenvalue weighted by Gasteiger charge is 2.30. The van der Waals surface area contributed by atoms with Crippen LogP contribution in [-0.4, -0.2) is 29.8 Å². The lowest BCUT2D eigenvalue weighted by Gasteiger charge is -2.07. The average molecular weight is 245 g/mol. The molecule has 0 fully saturated rings. The Labute approximate surface area is 103 Å². The van der Waals surface area contributed by atoms with Crippen LogP contribution in [0, 0.1) is 0 Å². The predicted octanol–water partition coefficient (Wildman–Crippen LogP) is 1.63. The Kier molecular flexibility index (Phi) is 2.97. The Morgan fingerprint density at radius 2 is 1.89 bits per heavy atom. The molecule has 0 bridgehead atoms. The summed E-state index contributed by atoms with van der Waals surface area (Å²) < 4.78 is 4.59. The lowest BCUT2D eigenvalue weighted by atomic mass is 9.99. The first-order valence-electron chi connectivity index (χ1n) is 5.27. The molecule has 1 aromatic rings. The summed E-state index contributed by atoms with van der Waals surface area (Å²) in [4.78, 5) is 27.1. The van der Waals surface area contributed by atoms with E-state index in [9.17, 15) is 14.7 Å². The summed E-state index contributed by atoms with van der Waals surface area (Å²) in [5, 5.41) is 9.57. The number of aliphatic hydroxyl groups is 1. The van der Waals surface area contributed by atoms with Crippen molar-refractivity contribution in [1.82, 2.24) is 0 Å². The van der Waals surface area contributed by atoms with Crippen LogP contribution < -0.4 is 0 Å². The molecule has 1 aliphatic rings. The van der Waals surface area contributed by atoms with Crippen LogP contribution >= 0.6 is 0 Å². The number of esters is 1. The Balaban J connectivity index is 2.60. The number of nitrogens with zero attached hydrogens (tertiary/aromatic N) is 1. The molecular formula is C13H11NO4. The molecule has 0 atom stereocenters. The van der Waals surface area contributed by atoms with Gasteiger partial charge in [0.25, 0.3) is 5.91 Å². The van der Waals surface area contributed by atoms with Gasteiger partial charge in [-0.3, -0.25) is 4.79 Å². The third-order valence-corrected chi connectivity index (χ3v) is 2.61. The number of fused-ring (bicyclic) bond motifs is 1. The third-order valence-electron chi connectivity index (χ3n) is 2.61. The molecule has 2 rings (SSSR count). The number of allylic oxidation sites excluding steroid dienone is 1. The number of rotatable bonds is 2. The number of ether oxygens (including phenoxy) is 1. The minimum Gasteiger partial charge on any atom is -0.512 e. The summed E-state index contributed by atoms with van der Waals surface area (Å²) in [5.74, 6) is -1.38. The molecule has 0 spiro atoms. The van der Waals surface area contributed by atoms with Crippen LogP contribution in [0.15, 0.2) is 40.6 Å². The number of amides is 1. The SMILES string of the molecule is COC(=O)/C(C1=NC(=O)c2ccccc21)=C(\C)O. The zero-order valence-electron chi connectivity index (χ0n) is 9.93. The number of methoxy groups -OCH3 is 1.